The molecule has 3 amide bonds. The molecule has 2 N–H and O–H groups in total. The van der Waals surface area contributed by atoms with Gasteiger partial charge in [-0.25, -0.2) is 4.79 Å². The lowest BCUT2D eigenvalue weighted by Gasteiger charge is -2.31. The molecule has 1 aromatic carbocycles. The molecule has 0 bridgehead atoms. The fraction of sp³-hybridized carbons (Fsp3) is 0.600. The fourth-order valence-electron chi connectivity index (χ4n) is 3.54. The van der Waals surface area contributed by atoms with Crippen molar-refractivity contribution >= 4 is 11.9 Å². The third-order valence-electron chi connectivity index (χ3n) is 5.12. The van der Waals surface area contributed by atoms with E-state index in [0.717, 1.165) is 18.7 Å². The van der Waals surface area contributed by atoms with Crippen LogP contribution in [0.15, 0.2) is 24.3 Å². The van der Waals surface area contributed by atoms with Gasteiger partial charge in [0.1, 0.15) is 11.3 Å². The Labute approximate surface area is 155 Å². The number of imide groups is 1. The molecule has 6 nitrogen and oxygen atoms in total. The van der Waals surface area contributed by atoms with Crippen molar-refractivity contribution in [3.05, 3.63) is 29.8 Å². The van der Waals surface area contributed by atoms with E-state index in [2.05, 4.69) is 43.5 Å². The summed E-state index contributed by atoms with van der Waals surface area (Å²) in [6.07, 6.45) is 2.21. The van der Waals surface area contributed by atoms with Crippen LogP contribution in [0.2, 0.25) is 0 Å². The van der Waals surface area contributed by atoms with Crippen LogP contribution in [-0.2, 0) is 10.2 Å². The Morgan fingerprint density at radius 2 is 2.08 bits per heavy atom. The van der Waals surface area contributed by atoms with Gasteiger partial charge in [-0.1, -0.05) is 32.9 Å². The lowest BCUT2D eigenvalue weighted by atomic mass is 9.87. The number of ether oxygens (including phenoxy) is 1. The maximum absolute atomic E-state index is 12.7. The molecule has 0 saturated carbocycles. The molecule has 26 heavy (non-hydrogen) atoms. The maximum atomic E-state index is 12.7. The highest BCUT2D eigenvalue weighted by Crippen LogP contribution is 2.26. The normalized spacial score (nSPS) is 23.4. The van der Waals surface area contributed by atoms with Gasteiger partial charge in [0.05, 0.1) is 6.61 Å². The molecule has 2 heterocycles. The van der Waals surface area contributed by atoms with Gasteiger partial charge < -0.3 is 15.4 Å². The molecule has 1 spiro atoms. The Morgan fingerprint density at radius 3 is 2.77 bits per heavy atom. The second kappa shape index (κ2) is 7.27. The first-order valence-electron chi connectivity index (χ1n) is 9.40. The Morgan fingerprint density at radius 1 is 1.27 bits per heavy atom. The van der Waals surface area contributed by atoms with Gasteiger partial charge in [-0.3, -0.25) is 9.69 Å². The van der Waals surface area contributed by atoms with Crippen molar-refractivity contribution in [2.75, 3.05) is 26.2 Å². The van der Waals surface area contributed by atoms with Crippen LogP contribution in [0, 0.1) is 0 Å². The van der Waals surface area contributed by atoms with Gasteiger partial charge >= 0.3 is 6.03 Å². The molecule has 142 valence electrons. The summed E-state index contributed by atoms with van der Waals surface area (Å²) in [7, 11) is 0. The van der Waals surface area contributed by atoms with Crippen LogP contribution in [0.4, 0.5) is 4.79 Å². The number of nitrogens with zero attached hydrogens (tertiary/aromatic N) is 1. The summed E-state index contributed by atoms with van der Waals surface area (Å²) < 4.78 is 5.83. The minimum atomic E-state index is -0.739. The minimum absolute atomic E-state index is 0.0712. The number of benzene rings is 1. The topological polar surface area (TPSA) is 70.7 Å². The first-order valence-corrected chi connectivity index (χ1v) is 9.40. The van der Waals surface area contributed by atoms with Crippen LogP contribution < -0.4 is 15.4 Å². The molecule has 1 atom stereocenters. The number of piperidine rings is 1. The highest BCUT2D eigenvalue weighted by molar-refractivity contribution is 6.07. The number of carbonyl (C=O) groups excluding carboxylic acids is 2. The second-order valence-corrected chi connectivity index (χ2v) is 8.23. The van der Waals surface area contributed by atoms with Gasteiger partial charge in [0.25, 0.3) is 5.91 Å². The molecule has 2 aliphatic rings. The highest BCUT2D eigenvalue weighted by atomic mass is 16.5. The van der Waals surface area contributed by atoms with Gasteiger partial charge in [-0.15, -0.1) is 0 Å². The summed E-state index contributed by atoms with van der Waals surface area (Å²) in [5.41, 5.74) is 0.551. The summed E-state index contributed by atoms with van der Waals surface area (Å²) >= 11 is 0. The van der Waals surface area contributed by atoms with E-state index in [1.165, 1.54) is 10.5 Å². The fourth-order valence-corrected chi connectivity index (χ4v) is 3.54. The maximum Gasteiger partial charge on any atom is 0.325 e. The molecule has 1 unspecified atom stereocenters. The van der Waals surface area contributed by atoms with E-state index in [-0.39, 0.29) is 17.4 Å². The molecule has 1 aromatic rings. The standard InChI is InChI=1S/C20H29N3O3/c1-19(2,3)15-7-4-8-16(13-15)26-12-6-11-23-17(24)20(22-18(23)25)9-5-10-21-14-20/h4,7-8,13,21H,5-6,9-12,14H2,1-3H3,(H,22,25). The van der Waals surface area contributed by atoms with Crippen molar-refractivity contribution in [3.63, 3.8) is 0 Å². The first kappa shape index (κ1) is 18.7. The van der Waals surface area contributed by atoms with Crippen molar-refractivity contribution in [3.8, 4) is 5.75 Å². The Hall–Kier alpha value is -2.08. The molecule has 6 heteroatoms. The van der Waals surface area contributed by atoms with E-state index >= 15 is 0 Å². The van der Waals surface area contributed by atoms with Crippen molar-refractivity contribution in [1.29, 1.82) is 0 Å². The van der Waals surface area contributed by atoms with Crippen LogP contribution in [0.1, 0.15) is 45.6 Å². The van der Waals surface area contributed by atoms with Crippen LogP contribution in [0.5, 0.6) is 5.75 Å². The quantitative estimate of drug-likeness (QED) is 0.626. The van der Waals surface area contributed by atoms with Gasteiger partial charge in [0.2, 0.25) is 0 Å². The lowest BCUT2D eigenvalue weighted by Crippen LogP contribution is -2.57. The number of rotatable bonds is 5. The molecule has 0 aliphatic carbocycles. The van der Waals surface area contributed by atoms with Gasteiger partial charge in [-0.05, 0) is 48.9 Å². The number of hydrogen-bond acceptors (Lipinski definition) is 4. The van der Waals surface area contributed by atoms with Gasteiger partial charge in [-0.2, -0.15) is 0 Å². The average Bonchev–Trinajstić information content (AvgIpc) is 2.82. The minimum Gasteiger partial charge on any atom is -0.494 e. The van der Waals surface area contributed by atoms with E-state index < -0.39 is 5.54 Å². The predicted molar refractivity (Wildman–Crippen MR) is 100 cm³/mol. The van der Waals surface area contributed by atoms with Gasteiger partial charge in [0, 0.05) is 13.1 Å². The number of hydrogen-bond donors (Lipinski definition) is 2. The molecular formula is C20H29N3O3. The largest absolute Gasteiger partial charge is 0.494 e. The van der Waals surface area contributed by atoms with Crippen LogP contribution >= 0.6 is 0 Å². The zero-order chi connectivity index (χ0) is 18.8. The van der Waals surface area contributed by atoms with Gasteiger partial charge in [0.15, 0.2) is 0 Å². The molecular weight excluding hydrogens is 330 g/mol. The lowest BCUT2D eigenvalue weighted by molar-refractivity contribution is -0.132. The van der Waals surface area contributed by atoms with Crippen LogP contribution in [0.25, 0.3) is 0 Å². The third kappa shape index (κ3) is 3.85. The zero-order valence-electron chi connectivity index (χ0n) is 15.9. The van der Waals surface area contributed by atoms with E-state index in [0.29, 0.717) is 32.5 Å². The molecule has 0 radical (unpaired) electrons. The van der Waals surface area contributed by atoms with Crippen molar-refractivity contribution in [2.45, 2.75) is 51.0 Å². The number of amides is 3. The number of carbonyl (C=O) groups is 2. The number of urea groups is 1. The summed E-state index contributed by atoms with van der Waals surface area (Å²) in [6.45, 7) is 8.76. The zero-order valence-corrected chi connectivity index (χ0v) is 15.9. The van der Waals surface area contributed by atoms with E-state index in [9.17, 15) is 9.59 Å². The average molecular weight is 359 g/mol. The summed E-state index contributed by atoms with van der Waals surface area (Å²) in [4.78, 5) is 26.2. The number of nitrogens with one attached hydrogen (secondary N) is 2. The Balaban J connectivity index is 1.51. The smallest absolute Gasteiger partial charge is 0.325 e. The van der Waals surface area contributed by atoms with E-state index in [1.807, 2.05) is 12.1 Å². The van der Waals surface area contributed by atoms with Crippen molar-refractivity contribution in [1.82, 2.24) is 15.5 Å². The monoisotopic (exact) mass is 359 g/mol. The van der Waals surface area contributed by atoms with E-state index in [1.54, 1.807) is 0 Å². The third-order valence-corrected chi connectivity index (χ3v) is 5.12. The first-order chi connectivity index (χ1) is 12.3. The van der Waals surface area contributed by atoms with Crippen molar-refractivity contribution in [2.24, 2.45) is 0 Å². The highest BCUT2D eigenvalue weighted by Gasteiger charge is 2.51. The van der Waals surface area contributed by atoms with Crippen LogP contribution in [0.3, 0.4) is 0 Å². The SMILES string of the molecule is CC(C)(C)c1cccc(OCCCN2C(=O)NC3(CCCNC3)C2=O)c1. The molecule has 0 aromatic heterocycles. The van der Waals surface area contributed by atoms with E-state index in [4.69, 9.17) is 4.74 Å². The Kier molecular flexibility index (Phi) is 5.23. The predicted octanol–water partition coefficient (Wildman–Crippen LogP) is 2.43. The molecule has 3 rings (SSSR count). The Bertz CT molecular complexity index is 675. The van der Waals surface area contributed by atoms with Crippen molar-refractivity contribution < 1.29 is 14.3 Å². The summed E-state index contributed by atoms with van der Waals surface area (Å²) in [6, 6.07) is 7.79. The molecule has 2 aliphatic heterocycles. The summed E-state index contributed by atoms with van der Waals surface area (Å²) in [5, 5.41) is 6.09. The second-order valence-electron chi connectivity index (χ2n) is 8.23. The van der Waals surface area contributed by atoms with Crippen LogP contribution in [-0.4, -0.2) is 48.6 Å². The summed E-state index contributed by atoms with van der Waals surface area (Å²) in [5.74, 6) is 0.715. The molecule has 2 saturated heterocycles. The molecule has 2 fully saturated rings.